The zero-order chi connectivity index (χ0) is 46.3. The standard InChI is InChI=1S/C64H54N4/c1-37(2)43-18-21-46(22-19-43)66(48-32-41(7)29-42(8)33-48)57-26-23-49-52-36-60-53(35-59(52)67-55-17-13-12-16-51(55)61(57)63(49)67)50-24-27-58(62-54-34-44(38(3)4)20-25-56(54)68(60)64(50)62)65(45-14-10-9-11-15-45)47-30-39(5)28-40(6)31-47/h9-38H,1-8H3. The normalized spacial score (nSPS) is 12.4. The number of rotatable bonds is 8. The molecule has 330 valence electrons. The number of nitrogens with zero attached hydrogens (tertiary/aromatic N) is 4. The van der Waals surface area contributed by atoms with Crippen molar-refractivity contribution in [2.24, 2.45) is 0 Å². The van der Waals surface area contributed by atoms with Gasteiger partial charge in [0.25, 0.3) is 0 Å². The van der Waals surface area contributed by atoms with Gasteiger partial charge in [-0.15, -0.1) is 0 Å². The van der Waals surface area contributed by atoms with Gasteiger partial charge < -0.3 is 18.6 Å². The summed E-state index contributed by atoms with van der Waals surface area (Å²) in [5.41, 5.74) is 22.2. The molecule has 0 aliphatic rings. The highest BCUT2D eigenvalue weighted by Gasteiger charge is 2.28. The van der Waals surface area contributed by atoms with E-state index in [1.165, 1.54) is 132 Å². The fourth-order valence-corrected chi connectivity index (χ4v) is 11.9. The maximum absolute atomic E-state index is 2.58. The Hall–Kier alpha value is -7.82. The molecule has 4 heteroatoms. The van der Waals surface area contributed by atoms with Gasteiger partial charge in [0.15, 0.2) is 0 Å². The van der Waals surface area contributed by atoms with E-state index < -0.39 is 0 Å². The maximum Gasteiger partial charge on any atom is 0.0641 e. The van der Waals surface area contributed by atoms with E-state index in [1.54, 1.807) is 0 Å². The number of hydrogen-bond donors (Lipinski definition) is 0. The summed E-state index contributed by atoms with van der Waals surface area (Å²) in [7, 11) is 0. The topological polar surface area (TPSA) is 15.3 Å². The number of fused-ring (bicyclic) bond motifs is 12. The summed E-state index contributed by atoms with van der Waals surface area (Å²) in [6.45, 7) is 18.0. The summed E-state index contributed by atoms with van der Waals surface area (Å²) >= 11 is 0. The molecule has 0 aliphatic carbocycles. The molecule has 0 saturated heterocycles. The third-order valence-corrected chi connectivity index (χ3v) is 14.8. The van der Waals surface area contributed by atoms with Crippen molar-refractivity contribution >= 4 is 110 Å². The second kappa shape index (κ2) is 14.8. The Morgan fingerprint density at radius 3 is 1.31 bits per heavy atom. The summed E-state index contributed by atoms with van der Waals surface area (Å²) in [5, 5.41) is 10.2. The van der Waals surface area contributed by atoms with Crippen molar-refractivity contribution in [2.45, 2.75) is 67.2 Å². The van der Waals surface area contributed by atoms with Crippen LogP contribution in [-0.4, -0.2) is 8.80 Å². The van der Waals surface area contributed by atoms with Gasteiger partial charge in [0, 0.05) is 65.8 Å². The Kier molecular flexibility index (Phi) is 8.83. The molecule has 9 aromatic carbocycles. The SMILES string of the molecule is Cc1cc(C)cc(N(c2ccc(C(C)C)cc2)c2ccc3c4cc5c(cc4n4c6ccccc6c2c34)c2ccc(N(c3ccccc3)c3cc(C)cc(C)c3)c3c4cc(C(C)C)ccc4n5c23)c1. The second-order valence-corrected chi connectivity index (χ2v) is 20.2. The van der Waals surface area contributed by atoms with E-state index in [-0.39, 0.29) is 0 Å². The van der Waals surface area contributed by atoms with Crippen LogP contribution < -0.4 is 9.80 Å². The van der Waals surface area contributed by atoms with E-state index in [9.17, 15) is 0 Å². The lowest BCUT2D eigenvalue weighted by Gasteiger charge is -2.27. The van der Waals surface area contributed by atoms with Crippen molar-refractivity contribution in [3.63, 3.8) is 0 Å². The molecule has 68 heavy (non-hydrogen) atoms. The van der Waals surface area contributed by atoms with E-state index in [0.717, 1.165) is 11.4 Å². The minimum atomic E-state index is 0.396. The zero-order valence-electron chi connectivity index (χ0n) is 40.1. The Balaban J connectivity index is 1.12. The van der Waals surface area contributed by atoms with Crippen LogP contribution in [-0.2, 0) is 0 Å². The lowest BCUT2D eigenvalue weighted by Crippen LogP contribution is -2.11. The summed E-state index contributed by atoms with van der Waals surface area (Å²) in [6.07, 6.45) is 0. The molecular formula is C64H54N4. The Morgan fingerprint density at radius 2 is 0.779 bits per heavy atom. The van der Waals surface area contributed by atoms with Gasteiger partial charge in [-0.25, -0.2) is 0 Å². The van der Waals surface area contributed by atoms with Crippen LogP contribution in [0.15, 0.2) is 170 Å². The fourth-order valence-electron chi connectivity index (χ4n) is 11.9. The molecule has 0 unspecified atom stereocenters. The van der Waals surface area contributed by atoms with Gasteiger partial charge in [-0.2, -0.15) is 0 Å². The minimum Gasteiger partial charge on any atom is -0.310 e. The predicted octanol–water partition coefficient (Wildman–Crippen LogP) is 18.4. The predicted molar refractivity (Wildman–Crippen MR) is 292 cm³/mol. The Bertz CT molecular complexity index is 4090. The first-order valence-electron chi connectivity index (χ1n) is 24.3. The number of para-hydroxylation sites is 2. The zero-order valence-corrected chi connectivity index (χ0v) is 40.1. The molecule has 4 heterocycles. The number of aryl methyl sites for hydroxylation is 4. The number of hydrogen-bond acceptors (Lipinski definition) is 2. The van der Waals surface area contributed by atoms with Crippen molar-refractivity contribution in [1.29, 1.82) is 0 Å². The lowest BCUT2D eigenvalue weighted by molar-refractivity contribution is 0.866. The Labute approximate surface area is 397 Å². The van der Waals surface area contributed by atoms with Crippen LogP contribution in [0, 0.1) is 27.7 Å². The number of aromatic nitrogens is 2. The largest absolute Gasteiger partial charge is 0.310 e. The third-order valence-electron chi connectivity index (χ3n) is 14.8. The average molecular weight is 879 g/mol. The fraction of sp³-hybridized carbons (Fsp3) is 0.156. The quantitative estimate of drug-likeness (QED) is 0.151. The molecule has 13 aromatic rings. The van der Waals surface area contributed by atoms with Crippen LogP contribution in [0.3, 0.4) is 0 Å². The van der Waals surface area contributed by atoms with Crippen LogP contribution in [0.5, 0.6) is 0 Å². The highest BCUT2D eigenvalue weighted by molar-refractivity contribution is 6.32. The van der Waals surface area contributed by atoms with Crippen LogP contribution in [0.4, 0.5) is 34.1 Å². The van der Waals surface area contributed by atoms with E-state index in [1.807, 2.05) is 0 Å². The van der Waals surface area contributed by atoms with Crippen LogP contribution >= 0.6 is 0 Å². The van der Waals surface area contributed by atoms with Gasteiger partial charge in [-0.1, -0.05) is 107 Å². The first-order valence-corrected chi connectivity index (χ1v) is 24.3. The molecule has 0 aliphatic heterocycles. The van der Waals surface area contributed by atoms with Crippen molar-refractivity contribution < 1.29 is 0 Å². The molecule has 0 bridgehead atoms. The summed E-state index contributed by atoms with van der Waals surface area (Å²) in [5.74, 6) is 0.851. The van der Waals surface area contributed by atoms with Gasteiger partial charge in [0.1, 0.15) is 0 Å². The molecular weight excluding hydrogens is 825 g/mol. The first kappa shape index (κ1) is 40.5. The molecule has 0 amide bonds. The van der Waals surface area contributed by atoms with E-state index in [2.05, 4.69) is 244 Å². The van der Waals surface area contributed by atoms with Crippen LogP contribution in [0.2, 0.25) is 0 Å². The lowest BCUT2D eigenvalue weighted by atomic mass is 9.98. The Morgan fingerprint density at radius 1 is 0.324 bits per heavy atom. The monoisotopic (exact) mass is 878 g/mol. The van der Waals surface area contributed by atoms with Crippen molar-refractivity contribution in [3.8, 4) is 0 Å². The van der Waals surface area contributed by atoms with Gasteiger partial charge in [0.2, 0.25) is 0 Å². The smallest absolute Gasteiger partial charge is 0.0641 e. The molecule has 0 saturated carbocycles. The molecule has 13 rings (SSSR count). The van der Waals surface area contributed by atoms with Gasteiger partial charge in [-0.05, 0) is 164 Å². The molecule has 0 fully saturated rings. The molecule has 0 atom stereocenters. The summed E-state index contributed by atoms with van der Waals surface area (Å²) in [6, 6.07) is 64.7. The molecule has 0 spiro atoms. The van der Waals surface area contributed by atoms with Gasteiger partial charge >= 0.3 is 0 Å². The van der Waals surface area contributed by atoms with E-state index in [4.69, 9.17) is 0 Å². The van der Waals surface area contributed by atoms with Gasteiger partial charge in [-0.3, -0.25) is 0 Å². The van der Waals surface area contributed by atoms with E-state index in [0.29, 0.717) is 11.8 Å². The van der Waals surface area contributed by atoms with Crippen molar-refractivity contribution in [2.75, 3.05) is 9.80 Å². The highest BCUT2D eigenvalue weighted by atomic mass is 15.2. The second-order valence-electron chi connectivity index (χ2n) is 20.2. The highest BCUT2D eigenvalue weighted by Crippen LogP contribution is 2.51. The molecule has 4 aromatic heterocycles. The third kappa shape index (κ3) is 5.86. The molecule has 4 nitrogen and oxygen atoms in total. The first-order chi connectivity index (χ1) is 33.0. The van der Waals surface area contributed by atoms with E-state index >= 15 is 0 Å². The van der Waals surface area contributed by atoms with Crippen molar-refractivity contribution in [1.82, 2.24) is 8.80 Å². The van der Waals surface area contributed by atoms with Crippen LogP contribution in [0.1, 0.15) is 72.9 Å². The summed E-state index contributed by atoms with van der Waals surface area (Å²) < 4.78 is 5.14. The van der Waals surface area contributed by atoms with Crippen molar-refractivity contribution in [3.05, 3.63) is 203 Å². The van der Waals surface area contributed by atoms with Crippen LogP contribution in [0.25, 0.3) is 76.2 Å². The average Bonchev–Trinajstić information content (AvgIpc) is 4.05. The maximum atomic E-state index is 2.58. The molecule has 0 N–H and O–H groups in total. The van der Waals surface area contributed by atoms with Gasteiger partial charge in [0.05, 0.1) is 44.5 Å². The number of anilines is 6. The molecule has 0 radical (unpaired) electrons. The minimum absolute atomic E-state index is 0.396. The summed E-state index contributed by atoms with van der Waals surface area (Å²) in [4.78, 5) is 4.96. The number of benzene rings is 9.